The van der Waals surface area contributed by atoms with E-state index in [0.29, 0.717) is 29.4 Å². The van der Waals surface area contributed by atoms with Crippen molar-refractivity contribution in [1.29, 1.82) is 0 Å². The summed E-state index contributed by atoms with van der Waals surface area (Å²) in [5, 5.41) is 4.00. The van der Waals surface area contributed by atoms with Gasteiger partial charge in [0.05, 0.1) is 11.7 Å². The lowest BCUT2D eigenvalue weighted by molar-refractivity contribution is 0.0504. The molecule has 1 spiro atoms. The fourth-order valence-electron chi connectivity index (χ4n) is 4.72. The molecule has 1 atom stereocenters. The number of hydrogen-bond acceptors (Lipinski definition) is 7. The minimum atomic E-state index is -3.40. The van der Waals surface area contributed by atoms with Crippen molar-refractivity contribution in [3.63, 3.8) is 0 Å². The highest BCUT2D eigenvalue weighted by atomic mass is 32.2. The minimum Gasteiger partial charge on any atom is -0.339 e. The molecule has 5 rings (SSSR count). The topological polar surface area (TPSA) is 106 Å². The molecule has 0 bridgehead atoms. The molecule has 3 aromatic rings. The van der Waals surface area contributed by atoms with E-state index in [2.05, 4.69) is 15.1 Å². The number of rotatable bonds is 3. The van der Waals surface area contributed by atoms with Crippen LogP contribution in [0.3, 0.4) is 0 Å². The van der Waals surface area contributed by atoms with Crippen LogP contribution in [0.4, 0.5) is 0 Å². The average Bonchev–Trinajstić information content (AvgIpc) is 3.28. The van der Waals surface area contributed by atoms with Gasteiger partial charge in [-0.2, -0.15) is 4.98 Å². The van der Waals surface area contributed by atoms with Crippen molar-refractivity contribution >= 4 is 15.7 Å². The molecule has 0 N–H and O–H groups in total. The predicted molar refractivity (Wildman–Crippen MR) is 113 cm³/mol. The fraction of sp³-hybridized carbons (Fsp3) is 0.364. The first kappa shape index (κ1) is 19.9. The number of carbonyl (C=O) groups is 1. The van der Waals surface area contributed by atoms with E-state index < -0.39 is 20.5 Å². The molecule has 160 valence electrons. The minimum absolute atomic E-state index is 0.0462. The standard InChI is InChI=1S/C22H22N4O4S/c1-14-9-15(2)11-16(10-14)21(27)26-12-22(13-26)17(6-8-31(22,28)29)20-24-19(25-30-20)18-5-3-4-7-23-18/h3-5,7,9-11,17H,6,8,12-13H2,1-2H3. The number of benzene rings is 1. The Morgan fingerprint density at radius 2 is 1.90 bits per heavy atom. The summed E-state index contributed by atoms with van der Waals surface area (Å²) < 4.78 is 30.4. The van der Waals surface area contributed by atoms with E-state index in [4.69, 9.17) is 4.52 Å². The van der Waals surface area contributed by atoms with Crippen LogP contribution in [0.15, 0.2) is 47.1 Å². The van der Waals surface area contributed by atoms with Crippen LogP contribution in [0.2, 0.25) is 0 Å². The summed E-state index contributed by atoms with van der Waals surface area (Å²) in [5.74, 6) is 0.0754. The summed E-state index contributed by atoms with van der Waals surface area (Å²) in [7, 11) is -3.40. The Bertz CT molecular complexity index is 1240. The summed E-state index contributed by atoms with van der Waals surface area (Å²) in [4.78, 5) is 23.2. The average molecular weight is 439 g/mol. The van der Waals surface area contributed by atoms with Gasteiger partial charge in [-0.1, -0.05) is 28.4 Å². The zero-order chi connectivity index (χ0) is 21.8. The third-order valence-electron chi connectivity index (χ3n) is 6.24. The first-order valence-corrected chi connectivity index (χ1v) is 11.8. The smallest absolute Gasteiger partial charge is 0.253 e. The van der Waals surface area contributed by atoms with Crippen molar-refractivity contribution < 1.29 is 17.7 Å². The van der Waals surface area contributed by atoms with Crippen LogP contribution in [0.25, 0.3) is 11.5 Å². The molecule has 2 fully saturated rings. The second-order valence-electron chi connectivity index (χ2n) is 8.43. The third-order valence-corrected chi connectivity index (χ3v) is 8.79. The Labute approximate surface area is 180 Å². The number of sulfone groups is 1. The van der Waals surface area contributed by atoms with E-state index in [1.165, 1.54) is 0 Å². The van der Waals surface area contributed by atoms with Crippen LogP contribution >= 0.6 is 0 Å². The number of aryl methyl sites for hydroxylation is 2. The summed E-state index contributed by atoms with van der Waals surface area (Å²) in [6, 6.07) is 11.0. The highest BCUT2D eigenvalue weighted by Crippen LogP contribution is 2.50. The maximum absolute atomic E-state index is 13.0. The van der Waals surface area contributed by atoms with Gasteiger partial charge in [-0.25, -0.2) is 8.42 Å². The van der Waals surface area contributed by atoms with Crippen molar-refractivity contribution in [2.24, 2.45) is 0 Å². The molecule has 0 saturated carbocycles. The lowest BCUT2D eigenvalue weighted by atomic mass is 9.82. The number of aromatic nitrogens is 3. The molecule has 0 aliphatic carbocycles. The molecule has 1 aromatic carbocycles. The van der Waals surface area contributed by atoms with Gasteiger partial charge in [0, 0.05) is 24.8 Å². The molecule has 31 heavy (non-hydrogen) atoms. The van der Waals surface area contributed by atoms with Crippen LogP contribution in [-0.2, 0) is 9.84 Å². The summed E-state index contributed by atoms with van der Waals surface area (Å²) in [5.41, 5.74) is 3.14. The molecule has 2 saturated heterocycles. The van der Waals surface area contributed by atoms with Crippen molar-refractivity contribution in [2.45, 2.75) is 30.9 Å². The first-order valence-electron chi connectivity index (χ1n) is 10.1. The molecule has 2 aromatic heterocycles. The number of hydrogen-bond donors (Lipinski definition) is 0. The molecule has 2 aliphatic heterocycles. The summed E-state index contributed by atoms with van der Waals surface area (Å²) >= 11 is 0. The lowest BCUT2D eigenvalue weighted by Crippen LogP contribution is -2.67. The van der Waals surface area contributed by atoms with Gasteiger partial charge in [0.2, 0.25) is 11.7 Å². The Balaban J connectivity index is 1.42. The van der Waals surface area contributed by atoms with Gasteiger partial charge in [-0.15, -0.1) is 0 Å². The molecule has 2 aliphatic rings. The molecule has 8 nitrogen and oxygen atoms in total. The van der Waals surface area contributed by atoms with Crippen molar-refractivity contribution in [2.75, 3.05) is 18.8 Å². The molecule has 4 heterocycles. The van der Waals surface area contributed by atoms with Gasteiger partial charge in [-0.3, -0.25) is 9.78 Å². The van der Waals surface area contributed by atoms with E-state index in [9.17, 15) is 13.2 Å². The SMILES string of the molecule is Cc1cc(C)cc(C(=O)N2CC3(C2)C(c2nc(-c4ccccn4)no2)CCS3(=O)=O)c1. The molecule has 1 amide bonds. The van der Waals surface area contributed by atoms with Crippen LogP contribution in [-0.4, -0.2) is 57.9 Å². The Hall–Kier alpha value is -3.07. The van der Waals surface area contributed by atoms with Gasteiger partial charge in [0.25, 0.3) is 5.91 Å². The van der Waals surface area contributed by atoms with E-state index in [-0.39, 0.29) is 24.7 Å². The summed E-state index contributed by atoms with van der Waals surface area (Å²) in [6.07, 6.45) is 2.03. The number of pyridine rings is 1. The highest BCUT2D eigenvalue weighted by Gasteiger charge is 2.64. The third kappa shape index (κ3) is 3.15. The fourth-order valence-corrected chi connectivity index (χ4v) is 7.03. The number of carbonyl (C=O) groups excluding carboxylic acids is 1. The molecular weight excluding hydrogens is 416 g/mol. The van der Waals surface area contributed by atoms with Gasteiger partial charge in [0.15, 0.2) is 9.84 Å². The number of likely N-dealkylation sites (tertiary alicyclic amines) is 1. The zero-order valence-electron chi connectivity index (χ0n) is 17.3. The van der Waals surface area contributed by atoms with E-state index in [0.717, 1.165) is 11.1 Å². The quantitative estimate of drug-likeness (QED) is 0.619. The van der Waals surface area contributed by atoms with Crippen molar-refractivity contribution in [3.8, 4) is 11.5 Å². The van der Waals surface area contributed by atoms with Crippen LogP contribution < -0.4 is 0 Å². The van der Waals surface area contributed by atoms with Crippen LogP contribution in [0.5, 0.6) is 0 Å². The maximum Gasteiger partial charge on any atom is 0.253 e. The van der Waals surface area contributed by atoms with Gasteiger partial charge >= 0.3 is 0 Å². The Kier molecular flexibility index (Phi) is 4.47. The normalized spacial score (nSPS) is 21.2. The molecular formula is C22H22N4O4S. The first-order chi connectivity index (χ1) is 14.8. The van der Waals surface area contributed by atoms with E-state index in [1.807, 2.05) is 38.1 Å². The second kappa shape index (κ2) is 6.98. The zero-order valence-corrected chi connectivity index (χ0v) is 18.1. The number of amides is 1. The van der Waals surface area contributed by atoms with Crippen LogP contribution in [0.1, 0.15) is 39.7 Å². The molecule has 0 radical (unpaired) electrons. The highest BCUT2D eigenvalue weighted by molar-refractivity contribution is 7.93. The van der Waals surface area contributed by atoms with Crippen molar-refractivity contribution in [1.82, 2.24) is 20.0 Å². The van der Waals surface area contributed by atoms with Gasteiger partial charge < -0.3 is 9.42 Å². The van der Waals surface area contributed by atoms with Crippen LogP contribution in [0, 0.1) is 13.8 Å². The Morgan fingerprint density at radius 1 is 1.16 bits per heavy atom. The molecule has 9 heteroatoms. The second-order valence-corrected chi connectivity index (χ2v) is 10.9. The predicted octanol–water partition coefficient (Wildman–Crippen LogP) is 2.55. The lowest BCUT2D eigenvalue weighted by Gasteiger charge is -2.49. The Morgan fingerprint density at radius 3 is 2.58 bits per heavy atom. The summed E-state index contributed by atoms with van der Waals surface area (Å²) in [6.45, 7) is 4.14. The van der Waals surface area contributed by atoms with Gasteiger partial charge in [0.1, 0.15) is 10.4 Å². The van der Waals surface area contributed by atoms with E-state index >= 15 is 0 Å². The molecule has 1 unspecified atom stereocenters. The monoisotopic (exact) mass is 438 g/mol. The largest absolute Gasteiger partial charge is 0.339 e. The van der Waals surface area contributed by atoms with Crippen molar-refractivity contribution in [3.05, 3.63) is 65.2 Å². The number of nitrogens with zero attached hydrogens (tertiary/aromatic N) is 4. The maximum atomic E-state index is 13.0. The van der Waals surface area contributed by atoms with Gasteiger partial charge in [-0.05, 0) is 44.5 Å². The van der Waals surface area contributed by atoms with E-state index in [1.54, 1.807) is 23.2 Å².